The van der Waals surface area contributed by atoms with Gasteiger partial charge in [0.25, 0.3) is 0 Å². The molecular formula is C78H48N8. The van der Waals surface area contributed by atoms with E-state index in [1.54, 1.807) is 12.4 Å². The van der Waals surface area contributed by atoms with Crippen molar-refractivity contribution < 1.29 is 0 Å². The van der Waals surface area contributed by atoms with Gasteiger partial charge in [-0.1, -0.05) is 152 Å². The number of hydrogen-bond donors (Lipinski definition) is 0. The zero-order valence-electron chi connectivity index (χ0n) is 46.3. The monoisotopic (exact) mass is 1100 g/mol. The fraction of sp³-hybridized carbons (Fsp3) is 0. The molecule has 0 aliphatic carbocycles. The molecule has 0 radical (unpaired) electrons. The van der Waals surface area contributed by atoms with E-state index in [2.05, 4.69) is 245 Å². The van der Waals surface area contributed by atoms with E-state index in [0.29, 0.717) is 0 Å². The Morgan fingerprint density at radius 2 is 0.616 bits per heavy atom. The van der Waals surface area contributed by atoms with Gasteiger partial charge in [0.1, 0.15) is 0 Å². The highest BCUT2D eigenvalue weighted by Gasteiger charge is 2.14. The van der Waals surface area contributed by atoms with Crippen LogP contribution in [-0.2, 0) is 0 Å². The van der Waals surface area contributed by atoms with E-state index in [1.165, 1.54) is 21.5 Å². The van der Waals surface area contributed by atoms with Crippen molar-refractivity contribution in [1.82, 2.24) is 39.9 Å². The molecule has 8 aromatic heterocycles. The summed E-state index contributed by atoms with van der Waals surface area (Å²) in [5, 5.41) is 11.6. The Labute approximate surface area is 494 Å². The maximum absolute atomic E-state index is 5.11. The van der Waals surface area contributed by atoms with Gasteiger partial charge in [-0.15, -0.1) is 0 Å². The van der Waals surface area contributed by atoms with E-state index in [4.69, 9.17) is 24.9 Å². The minimum absolute atomic E-state index is 0.922. The van der Waals surface area contributed by atoms with Crippen molar-refractivity contribution in [3.63, 3.8) is 0 Å². The van der Waals surface area contributed by atoms with Gasteiger partial charge >= 0.3 is 0 Å². The highest BCUT2D eigenvalue weighted by atomic mass is 14.8. The number of hydrogen-bond acceptors (Lipinski definition) is 8. The van der Waals surface area contributed by atoms with E-state index in [0.717, 1.165) is 144 Å². The lowest BCUT2D eigenvalue weighted by Crippen LogP contribution is -1.90. The third-order valence-electron chi connectivity index (χ3n) is 16.3. The normalized spacial score (nSPS) is 11.5. The quantitative estimate of drug-likeness (QED) is 0.145. The zero-order valence-corrected chi connectivity index (χ0v) is 46.3. The lowest BCUT2D eigenvalue weighted by molar-refractivity contribution is 1.30. The summed E-state index contributed by atoms with van der Waals surface area (Å²) in [4.78, 5) is 37.9. The number of aromatic nitrogens is 8. The first kappa shape index (κ1) is 50.0. The van der Waals surface area contributed by atoms with Crippen LogP contribution in [0.25, 0.3) is 166 Å². The molecule has 0 amide bonds. The second-order valence-corrected chi connectivity index (χ2v) is 21.6. The van der Waals surface area contributed by atoms with Crippen molar-refractivity contribution in [3.05, 3.63) is 292 Å². The molecule has 17 aromatic rings. The molecule has 0 atom stereocenters. The minimum atomic E-state index is 0.922. The third-order valence-corrected chi connectivity index (χ3v) is 16.3. The summed E-state index contributed by atoms with van der Waals surface area (Å²) in [5.41, 5.74) is 20.4. The molecule has 400 valence electrons. The van der Waals surface area contributed by atoms with Crippen LogP contribution in [0.5, 0.6) is 0 Å². The molecular weight excluding hydrogens is 1050 g/mol. The van der Waals surface area contributed by atoms with Crippen LogP contribution in [0, 0.1) is 0 Å². The van der Waals surface area contributed by atoms with Crippen molar-refractivity contribution in [2.75, 3.05) is 0 Å². The Kier molecular flexibility index (Phi) is 12.3. The standard InChI is InChI=1S/C41H25N5.C37H23N3/c1-4-34(25-42-21-1)39-20-15-33-24-31(13-18-38(33)45-39)30-12-17-37-32(23-30)14-19-35(44-37)26-5-7-27(8-6-26)36-16-11-29-10-9-28-3-2-22-43-40(28)41(29)46-36;1-2-8-31-24(5-1)10-11-25-6-3-9-32(37(25)31)36-19-15-29-22-27(13-17-34(29)40-36)26-12-16-33-28(21-26)14-18-35(39-33)30-7-4-20-38-23-30/h1-25H;1-23H. The van der Waals surface area contributed by atoms with Crippen LogP contribution in [0.15, 0.2) is 292 Å². The van der Waals surface area contributed by atoms with Gasteiger partial charge < -0.3 is 0 Å². The van der Waals surface area contributed by atoms with Crippen LogP contribution in [0.1, 0.15) is 0 Å². The van der Waals surface area contributed by atoms with Gasteiger partial charge in [-0.3, -0.25) is 15.0 Å². The lowest BCUT2D eigenvalue weighted by atomic mass is 9.95. The molecule has 0 spiro atoms. The molecule has 0 N–H and O–H groups in total. The lowest BCUT2D eigenvalue weighted by Gasteiger charge is -2.11. The molecule has 9 aromatic carbocycles. The number of fused-ring (bicyclic) bond motifs is 10. The second kappa shape index (κ2) is 21.2. The van der Waals surface area contributed by atoms with E-state index < -0.39 is 0 Å². The average Bonchev–Trinajstić information content (AvgIpc) is 3.51. The third kappa shape index (κ3) is 9.43. The van der Waals surface area contributed by atoms with Crippen LogP contribution >= 0.6 is 0 Å². The summed E-state index contributed by atoms with van der Waals surface area (Å²) in [6.07, 6.45) is 9.07. The topological polar surface area (TPSA) is 103 Å². The summed E-state index contributed by atoms with van der Waals surface area (Å²) >= 11 is 0. The number of nitrogens with zero attached hydrogens (tertiary/aromatic N) is 8. The van der Waals surface area contributed by atoms with Crippen LogP contribution in [0.2, 0.25) is 0 Å². The van der Waals surface area contributed by atoms with Gasteiger partial charge in [-0.2, -0.15) is 0 Å². The molecule has 86 heavy (non-hydrogen) atoms. The molecule has 0 saturated carbocycles. The summed E-state index contributed by atoms with van der Waals surface area (Å²) in [5.74, 6) is 0. The summed E-state index contributed by atoms with van der Waals surface area (Å²) < 4.78 is 0. The number of rotatable bonds is 7. The first-order valence-corrected chi connectivity index (χ1v) is 28.7. The van der Waals surface area contributed by atoms with Crippen LogP contribution in [0.4, 0.5) is 0 Å². The van der Waals surface area contributed by atoms with Gasteiger partial charge in [0, 0.05) is 91.1 Å². The molecule has 0 aliphatic heterocycles. The molecule has 0 unspecified atom stereocenters. The maximum atomic E-state index is 5.11. The van der Waals surface area contributed by atoms with Crippen molar-refractivity contribution in [1.29, 1.82) is 0 Å². The largest absolute Gasteiger partial charge is 0.264 e. The first-order valence-electron chi connectivity index (χ1n) is 28.7. The second-order valence-electron chi connectivity index (χ2n) is 21.6. The van der Waals surface area contributed by atoms with Gasteiger partial charge in [-0.05, 0) is 153 Å². The average molecular weight is 1100 g/mol. The van der Waals surface area contributed by atoms with Gasteiger partial charge in [0.15, 0.2) is 0 Å². The molecule has 8 nitrogen and oxygen atoms in total. The van der Waals surface area contributed by atoms with E-state index >= 15 is 0 Å². The Balaban J connectivity index is 0.000000141. The smallest absolute Gasteiger partial charge is 0.0972 e. The van der Waals surface area contributed by atoms with Gasteiger partial charge in [0.2, 0.25) is 0 Å². The number of pyridine rings is 8. The summed E-state index contributed by atoms with van der Waals surface area (Å²) in [6.45, 7) is 0. The summed E-state index contributed by atoms with van der Waals surface area (Å²) in [7, 11) is 0. The Bertz CT molecular complexity index is 5480. The first-order chi connectivity index (χ1) is 42.5. The van der Waals surface area contributed by atoms with Crippen molar-refractivity contribution in [3.8, 4) is 78.5 Å². The Hall–Kier alpha value is -11.7. The predicted molar refractivity (Wildman–Crippen MR) is 353 cm³/mol. The minimum Gasteiger partial charge on any atom is -0.264 e. The molecule has 8 heterocycles. The van der Waals surface area contributed by atoms with E-state index in [9.17, 15) is 0 Å². The molecule has 0 saturated heterocycles. The maximum Gasteiger partial charge on any atom is 0.0972 e. The van der Waals surface area contributed by atoms with Gasteiger partial charge in [-0.25, -0.2) is 24.9 Å². The Morgan fingerprint density at radius 3 is 1.15 bits per heavy atom. The molecule has 17 rings (SSSR count). The SMILES string of the molecule is c1cncc(-c2ccc3cc(-c4ccc5nc(-c6ccc(-c7ccc8ccc9cccnc9c8n7)cc6)ccc5c4)ccc3n2)c1.c1cncc(-c2ccc3cc(-c4ccc5nc(-c6cccc7ccc8ccccc8c67)ccc5c4)ccc3n2)c1. The van der Waals surface area contributed by atoms with Crippen molar-refractivity contribution in [2.45, 2.75) is 0 Å². The molecule has 0 fully saturated rings. The van der Waals surface area contributed by atoms with Crippen LogP contribution in [0.3, 0.4) is 0 Å². The summed E-state index contributed by atoms with van der Waals surface area (Å²) in [6, 6.07) is 91.1. The fourth-order valence-corrected chi connectivity index (χ4v) is 11.9. The molecule has 0 bridgehead atoms. The van der Waals surface area contributed by atoms with E-state index in [1.807, 2.05) is 48.9 Å². The fourth-order valence-electron chi connectivity index (χ4n) is 11.9. The predicted octanol–water partition coefficient (Wildman–Crippen LogP) is 19.4. The van der Waals surface area contributed by atoms with Crippen LogP contribution in [-0.4, -0.2) is 39.9 Å². The zero-order chi connectivity index (χ0) is 56.9. The highest BCUT2D eigenvalue weighted by Crippen LogP contribution is 2.37. The van der Waals surface area contributed by atoms with Gasteiger partial charge in [0.05, 0.1) is 61.6 Å². The molecule has 8 heteroatoms. The highest BCUT2D eigenvalue weighted by molar-refractivity contribution is 6.14. The molecule has 0 aliphatic rings. The van der Waals surface area contributed by atoms with E-state index in [-0.39, 0.29) is 0 Å². The Morgan fingerprint density at radius 1 is 0.221 bits per heavy atom. The van der Waals surface area contributed by atoms with Crippen molar-refractivity contribution in [2.24, 2.45) is 0 Å². The number of benzene rings is 9. The van der Waals surface area contributed by atoms with Crippen molar-refractivity contribution >= 4 is 87.0 Å². The van der Waals surface area contributed by atoms with Crippen LogP contribution < -0.4 is 0 Å².